The normalized spacial score (nSPS) is 14.1. The molecule has 2 aliphatic carbocycles. The van der Waals surface area contributed by atoms with Crippen LogP contribution in [0.2, 0.25) is 0 Å². The number of hydrogen-bond donors (Lipinski definition) is 1. The van der Waals surface area contributed by atoms with Gasteiger partial charge in [0.2, 0.25) is 0 Å². The lowest BCUT2D eigenvalue weighted by Crippen LogP contribution is -1.87. The summed E-state index contributed by atoms with van der Waals surface area (Å²) in [5.74, 6) is 0. The summed E-state index contributed by atoms with van der Waals surface area (Å²) in [6, 6.07) is 9.33. The number of nitrogens with two attached hydrogens (primary N) is 1. The predicted molar refractivity (Wildman–Crippen MR) is 87.8 cm³/mol. The summed E-state index contributed by atoms with van der Waals surface area (Å²) < 4.78 is 0. The summed E-state index contributed by atoms with van der Waals surface area (Å²) in [7, 11) is 0. The van der Waals surface area contributed by atoms with E-state index in [4.69, 9.17) is 5.73 Å². The Kier molecular flexibility index (Phi) is 1.97. The molecule has 2 aromatic heterocycles. The highest BCUT2D eigenvalue weighted by atomic mass is 32.1. The minimum Gasteiger partial charge on any atom is -0.391 e. The van der Waals surface area contributed by atoms with Crippen LogP contribution in [0.4, 0.5) is 5.00 Å². The van der Waals surface area contributed by atoms with E-state index < -0.39 is 0 Å². The smallest absolute Gasteiger partial charge is 0.0865 e. The minimum atomic E-state index is 0.941. The van der Waals surface area contributed by atoms with Crippen LogP contribution in [0.3, 0.4) is 0 Å². The van der Waals surface area contributed by atoms with Crippen LogP contribution in [0, 0.1) is 6.92 Å². The molecule has 0 radical (unpaired) electrons. The van der Waals surface area contributed by atoms with E-state index in [0.717, 1.165) is 17.8 Å². The van der Waals surface area contributed by atoms with Crippen molar-refractivity contribution in [3.05, 3.63) is 51.4 Å². The molecule has 1 nitrogen and oxygen atoms in total. The Bertz CT molecular complexity index is 809. The number of anilines is 1. The molecule has 0 bridgehead atoms. The van der Waals surface area contributed by atoms with Gasteiger partial charge in [-0.2, -0.15) is 0 Å². The predicted octanol–water partition coefficient (Wildman–Crippen LogP) is 4.84. The first-order valence-corrected chi connectivity index (χ1v) is 8.46. The van der Waals surface area contributed by atoms with Gasteiger partial charge in [-0.25, -0.2) is 0 Å². The van der Waals surface area contributed by atoms with Gasteiger partial charge in [-0.1, -0.05) is 0 Å². The first kappa shape index (κ1) is 11.1. The molecule has 0 aliphatic heterocycles. The molecule has 0 saturated heterocycles. The van der Waals surface area contributed by atoms with Gasteiger partial charge >= 0.3 is 0 Å². The maximum atomic E-state index is 5.95. The quantitative estimate of drug-likeness (QED) is 0.434. The Morgan fingerprint density at radius 1 is 0.800 bits per heavy atom. The third kappa shape index (κ3) is 1.32. The molecular weight excluding hydrogens is 282 g/mol. The number of hydrogen-bond acceptors (Lipinski definition) is 3. The number of fused-ring (bicyclic) bond motifs is 6. The monoisotopic (exact) mass is 295 g/mol. The summed E-state index contributed by atoms with van der Waals surface area (Å²) in [5, 5.41) is 0.941. The fraction of sp³-hybridized carbons (Fsp3) is 0.176. The molecule has 2 heterocycles. The molecule has 3 heteroatoms. The zero-order chi connectivity index (χ0) is 13.4. The average Bonchev–Trinajstić information content (AvgIpc) is 3.06. The Labute approximate surface area is 125 Å². The molecule has 0 amide bonds. The summed E-state index contributed by atoms with van der Waals surface area (Å²) in [6.45, 7) is 2.20. The van der Waals surface area contributed by atoms with Crippen molar-refractivity contribution in [2.24, 2.45) is 0 Å². The molecule has 0 unspecified atom stereocenters. The van der Waals surface area contributed by atoms with Gasteiger partial charge in [-0.15, -0.1) is 22.7 Å². The van der Waals surface area contributed by atoms with E-state index in [2.05, 4.69) is 31.2 Å². The van der Waals surface area contributed by atoms with Crippen molar-refractivity contribution < 1.29 is 0 Å². The fourth-order valence-electron chi connectivity index (χ4n) is 3.55. The van der Waals surface area contributed by atoms with E-state index in [0.29, 0.717) is 0 Å². The third-order valence-electron chi connectivity index (χ3n) is 4.34. The SMILES string of the molecule is Cc1cc2c(s1)-c1cc3c(cc1C2)-c1sc(N)cc1C3. The molecule has 2 aliphatic rings. The van der Waals surface area contributed by atoms with Crippen LogP contribution in [0.15, 0.2) is 24.3 Å². The number of rotatable bonds is 0. The van der Waals surface area contributed by atoms with Crippen LogP contribution in [0.1, 0.15) is 27.1 Å². The molecular formula is C17H13NS2. The summed E-state index contributed by atoms with van der Waals surface area (Å²) in [5.41, 5.74) is 14.7. The van der Waals surface area contributed by atoms with Crippen LogP contribution in [0.25, 0.3) is 20.9 Å². The van der Waals surface area contributed by atoms with Crippen LogP contribution in [-0.4, -0.2) is 0 Å². The van der Waals surface area contributed by atoms with Gasteiger partial charge in [0.1, 0.15) is 0 Å². The molecule has 0 atom stereocenters. The summed E-state index contributed by atoms with van der Waals surface area (Å²) in [6.07, 6.45) is 2.14. The van der Waals surface area contributed by atoms with Crippen LogP contribution < -0.4 is 5.73 Å². The van der Waals surface area contributed by atoms with Crippen molar-refractivity contribution in [2.45, 2.75) is 19.8 Å². The Morgan fingerprint density at radius 2 is 1.40 bits per heavy atom. The zero-order valence-electron chi connectivity index (χ0n) is 11.1. The van der Waals surface area contributed by atoms with E-state index in [1.807, 2.05) is 11.3 Å². The van der Waals surface area contributed by atoms with Gasteiger partial charge in [-0.05, 0) is 77.4 Å². The second kappa shape index (κ2) is 3.54. The molecule has 2 N–H and O–H groups in total. The third-order valence-corrected chi connectivity index (χ3v) is 6.51. The molecule has 0 spiro atoms. The van der Waals surface area contributed by atoms with Crippen molar-refractivity contribution in [3.63, 3.8) is 0 Å². The number of aryl methyl sites for hydroxylation is 1. The second-order valence-corrected chi connectivity index (χ2v) is 8.07. The molecule has 0 fully saturated rings. The topological polar surface area (TPSA) is 26.0 Å². The summed E-state index contributed by atoms with van der Waals surface area (Å²) >= 11 is 3.67. The minimum absolute atomic E-state index is 0.941. The van der Waals surface area contributed by atoms with Gasteiger partial charge in [-0.3, -0.25) is 0 Å². The van der Waals surface area contributed by atoms with Gasteiger partial charge in [0.05, 0.1) is 5.00 Å². The van der Waals surface area contributed by atoms with E-state index in [-0.39, 0.29) is 0 Å². The molecule has 3 aromatic rings. The lowest BCUT2D eigenvalue weighted by Gasteiger charge is -2.05. The number of thiophene rings is 2. The first-order chi connectivity index (χ1) is 9.69. The second-order valence-electron chi connectivity index (χ2n) is 5.73. The molecule has 98 valence electrons. The zero-order valence-corrected chi connectivity index (χ0v) is 12.8. The molecule has 1 aromatic carbocycles. The van der Waals surface area contributed by atoms with Gasteiger partial charge in [0, 0.05) is 14.6 Å². The lowest BCUT2D eigenvalue weighted by molar-refractivity contribution is 1.24. The summed E-state index contributed by atoms with van der Waals surface area (Å²) in [4.78, 5) is 4.31. The Morgan fingerprint density at radius 3 is 2.10 bits per heavy atom. The lowest BCUT2D eigenvalue weighted by atomic mass is 10.0. The van der Waals surface area contributed by atoms with Crippen LogP contribution in [-0.2, 0) is 12.8 Å². The van der Waals surface area contributed by atoms with E-state index in [1.165, 1.54) is 48.0 Å². The molecule has 5 rings (SSSR count). The molecule has 20 heavy (non-hydrogen) atoms. The molecule has 0 saturated carbocycles. The van der Waals surface area contributed by atoms with Gasteiger partial charge in [0.25, 0.3) is 0 Å². The maximum Gasteiger partial charge on any atom is 0.0865 e. The van der Waals surface area contributed by atoms with Crippen LogP contribution >= 0.6 is 22.7 Å². The van der Waals surface area contributed by atoms with E-state index in [9.17, 15) is 0 Å². The van der Waals surface area contributed by atoms with Gasteiger partial charge < -0.3 is 5.73 Å². The fourth-order valence-corrected chi connectivity index (χ4v) is 5.63. The van der Waals surface area contributed by atoms with Crippen molar-refractivity contribution in [3.8, 4) is 20.9 Å². The van der Waals surface area contributed by atoms with Crippen LogP contribution in [0.5, 0.6) is 0 Å². The van der Waals surface area contributed by atoms with Crippen molar-refractivity contribution >= 4 is 27.7 Å². The standard InChI is InChI=1S/C17H13NS2/c1-8-2-11-3-9-6-14-10(5-13(9)16(11)19-8)4-12-7-15(18)20-17(12)14/h2,5-7H,3-4,18H2,1H3. The highest BCUT2D eigenvalue weighted by Crippen LogP contribution is 2.49. The first-order valence-electron chi connectivity index (χ1n) is 6.83. The van der Waals surface area contributed by atoms with E-state index in [1.54, 1.807) is 11.3 Å². The average molecular weight is 295 g/mol. The largest absolute Gasteiger partial charge is 0.391 e. The van der Waals surface area contributed by atoms with Crippen molar-refractivity contribution in [2.75, 3.05) is 5.73 Å². The maximum absolute atomic E-state index is 5.95. The van der Waals surface area contributed by atoms with Gasteiger partial charge in [0.15, 0.2) is 0 Å². The highest BCUT2D eigenvalue weighted by molar-refractivity contribution is 7.19. The Hall–Kier alpha value is -1.58. The number of benzene rings is 1. The van der Waals surface area contributed by atoms with Crippen molar-refractivity contribution in [1.82, 2.24) is 0 Å². The number of nitrogen functional groups attached to an aromatic ring is 1. The Balaban J connectivity index is 1.74. The van der Waals surface area contributed by atoms with E-state index >= 15 is 0 Å². The highest BCUT2D eigenvalue weighted by Gasteiger charge is 2.27. The van der Waals surface area contributed by atoms with Crippen molar-refractivity contribution in [1.29, 1.82) is 0 Å².